The minimum atomic E-state index is -0.442. The molecule has 1 aromatic carbocycles. The molecule has 2 heterocycles. The van der Waals surface area contributed by atoms with Crippen LogP contribution in [0.5, 0.6) is 5.75 Å². The van der Waals surface area contributed by atoms with Crippen molar-refractivity contribution in [2.24, 2.45) is 0 Å². The number of nitro benzene ring substituents is 1. The van der Waals surface area contributed by atoms with Gasteiger partial charge in [0, 0.05) is 12.1 Å². The van der Waals surface area contributed by atoms with E-state index >= 15 is 0 Å². The molecule has 0 fully saturated rings. The van der Waals surface area contributed by atoms with Crippen LogP contribution in [0.2, 0.25) is 0 Å². The maximum atomic E-state index is 10.8. The van der Waals surface area contributed by atoms with Gasteiger partial charge in [0.2, 0.25) is 0 Å². The Bertz CT molecular complexity index is 888. The van der Waals surface area contributed by atoms with E-state index < -0.39 is 4.92 Å². The first-order chi connectivity index (χ1) is 11.5. The summed E-state index contributed by atoms with van der Waals surface area (Å²) in [6.45, 7) is 0.365. The molecule has 124 valence electrons. The van der Waals surface area contributed by atoms with Crippen molar-refractivity contribution in [3.63, 3.8) is 0 Å². The van der Waals surface area contributed by atoms with E-state index in [0.717, 1.165) is 5.56 Å². The van der Waals surface area contributed by atoms with E-state index in [4.69, 9.17) is 10.5 Å². The van der Waals surface area contributed by atoms with Gasteiger partial charge in [-0.3, -0.25) is 15.0 Å². The van der Waals surface area contributed by atoms with Crippen molar-refractivity contribution in [2.45, 2.75) is 0 Å². The molecule has 0 bridgehead atoms. The van der Waals surface area contributed by atoms with Crippen LogP contribution in [0.1, 0.15) is 0 Å². The van der Waals surface area contributed by atoms with Crippen molar-refractivity contribution >= 4 is 17.0 Å². The molecule has 3 rings (SSSR count). The van der Waals surface area contributed by atoms with Crippen molar-refractivity contribution in [3.05, 3.63) is 46.9 Å². The fraction of sp³-hybridized carbons (Fsp3) is 0.200. The molecule has 0 unspecified atom stereocenters. The number of anilines is 1. The number of aromatic nitrogens is 3. The fourth-order valence-electron chi connectivity index (χ4n) is 2.35. The Labute approximate surface area is 137 Å². The summed E-state index contributed by atoms with van der Waals surface area (Å²) in [6.07, 6.45) is 3.07. The van der Waals surface area contributed by atoms with Crippen molar-refractivity contribution in [1.29, 1.82) is 0 Å². The number of hydrogen-bond acceptors (Lipinski definition) is 7. The van der Waals surface area contributed by atoms with Crippen molar-refractivity contribution in [3.8, 4) is 16.9 Å². The van der Waals surface area contributed by atoms with Crippen LogP contribution in [0.4, 0.5) is 11.5 Å². The van der Waals surface area contributed by atoms with E-state index in [1.807, 2.05) is 19.0 Å². The van der Waals surface area contributed by atoms with Crippen LogP contribution in [-0.2, 0) is 0 Å². The van der Waals surface area contributed by atoms with Crippen molar-refractivity contribution in [2.75, 3.05) is 26.6 Å². The lowest BCUT2D eigenvalue weighted by molar-refractivity contribution is -0.384. The highest BCUT2D eigenvalue weighted by Gasteiger charge is 2.19. The first kappa shape index (κ1) is 15.7. The number of ether oxygens (including phenoxy) is 1. The van der Waals surface area contributed by atoms with Crippen LogP contribution in [0.3, 0.4) is 0 Å². The molecule has 3 aromatic rings. The molecule has 0 saturated carbocycles. The Hall–Kier alpha value is -3.20. The number of nitrogens with two attached hydrogens (primary N) is 1. The van der Waals surface area contributed by atoms with Crippen LogP contribution in [0.15, 0.2) is 36.8 Å². The minimum absolute atomic E-state index is 0.0160. The molecule has 9 nitrogen and oxygen atoms in total. The van der Waals surface area contributed by atoms with Gasteiger partial charge < -0.3 is 10.5 Å². The first-order valence-corrected chi connectivity index (χ1v) is 7.11. The van der Waals surface area contributed by atoms with E-state index in [0.29, 0.717) is 29.4 Å². The predicted molar refractivity (Wildman–Crippen MR) is 88.7 cm³/mol. The van der Waals surface area contributed by atoms with Crippen LogP contribution in [0.25, 0.3) is 16.6 Å². The molecule has 2 aromatic heterocycles. The Morgan fingerprint density at radius 1 is 1.33 bits per heavy atom. The van der Waals surface area contributed by atoms with E-state index in [9.17, 15) is 10.1 Å². The van der Waals surface area contributed by atoms with Crippen LogP contribution in [0, 0.1) is 10.1 Å². The summed E-state index contributed by atoms with van der Waals surface area (Å²) >= 11 is 0. The van der Waals surface area contributed by atoms with Crippen LogP contribution in [-0.4, -0.2) is 45.2 Å². The molecule has 0 atom stereocenters. The van der Waals surface area contributed by atoms with Gasteiger partial charge in [-0.1, -0.05) is 0 Å². The third kappa shape index (κ3) is 2.84. The average molecular weight is 328 g/mol. The summed E-state index contributed by atoms with van der Waals surface area (Å²) in [5.41, 5.74) is 8.04. The van der Waals surface area contributed by atoms with Gasteiger partial charge in [0.05, 0.1) is 16.7 Å². The number of benzene rings is 1. The van der Waals surface area contributed by atoms with Gasteiger partial charge in [0.1, 0.15) is 24.3 Å². The normalized spacial score (nSPS) is 11.1. The Morgan fingerprint density at radius 2 is 2.04 bits per heavy atom. The second kappa shape index (κ2) is 6.13. The molecule has 0 amide bonds. The van der Waals surface area contributed by atoms with Gasteiger partial charge in [-0.2, -0.15) is 5.10 Å². The van der Waals surface area contributed by atoms with Gasteiger partial charge in [-0.25, -0.2) is 9.50 Å². The Kier molecular flexibility index (Phi) is 4.00. The molecule has 2 N–H and O–H groups in total. The maximum Gasteiger partial charge on any atom is 0.269 e. The zero-order valence-electron chi connectivity index (χ0n) is 13.2. The monoisotopic (exact) mass is 328 g/mol. The minimum Gasteiger partial charge on any atom is -0.476 e. The van der Waals surface area contributed by atoms with Gasteiger partial charge >= 0.3 is 0 Å². The molecular weight excluding hydrogens is 312 g/mol. The van der Waals surface area contributed by atoms with Crippen LogP contribution < -0.4 is 10.5 Å². The molecule has 0 spiro atoms. The SMILES string of the molecule is CN(C)COc1cn2ncnc(N)c2c1-c1ccc([N+](=O)[O-])cc1. The lowest BCUT2D eigenvalue weighted by Crippen LogP contribution is -2.18. The Balaban J connectivity index is 2.16. The second-order valence-corrected chi connectivity index (χ2v) is 5.46. The lowest BCUT2D eigenvalue weighted by Gasteiger charge is -2.12. The highest BCUT2D eigenvalue weighted by molar-refractivity contribution is 5.92. The van der Waals surface area contributed by atoms with Crippen molar-refractivity contribution < 1.29 is 9.66 Å². The van der Waals surface area contributed by atoms with Gasteiger partial charge in [-0.05, 0) is 31.8 Å². The molecule has 0 radical (unpaired) electrons. The summed E-state index contributed by atoms with van der Waals surface area (Å²) < 4.78 is 7.41. The van der Waals surface area contributed by atoms with Crippen molar-refractivity contribution in [1.82, 2.24) is 19.5 Å². The highest BCUT2D eigenvalue weighted by Crippen LogP contribution is 2.38. The average Bonchev–Trinajstić information content (AvgIpc) is 2.93. The van der Waals surface area contributed by atoms with Gasteiger partial charge in [0.25, 0.3) is 5.69 Å². The summed E-state index contributed by atoms with van der Waals surface area (Å²) in [6, 6.07) is 6.19. The Morgan fingerprint density at radius 3 is 2.67 bits per heavy atom. The number of nitrogen functional groups attached to an aromatic ring is 1. The van der Waals surface area contributed by atoms with E-state index in [1.165, 1.54) is 18.5 Å². The quantitative estimate of drug-likeness (QED) is 0.431. The number of nitro groups is 1. The van der Waals surface area contributed by atoms with E-state index in [-0.39, 0.29) is 5.69 Å². The predicted octanol–water partition coefficient (Wildman–Crippen LogP) is 1.78. The second-order valence-electron chi connectivity index (χ2n) is 5.46. The van der Waals surface area contributed by atoms with Crippen LogP contribution >= 0.6 is 0 Å². The number of non-ortho nitro benzene ring substituents is 1. The zero-order valence-corrected chi connectivity index (χ0v) is 13.2. The van der Waals surface area contributed by atoms with Gasteiger partial charge in [0.15, 0.2) is 5.82 Å². The summed E-state index contributed by atoms with van der Waals surface area (Å²) in [4.78, 5) is 16.3. The summed E-state index contributed by atoms with van der Waals surface area (Å²) in [5.74, 6) is 0.878. The molecular formula is C15H16N6O3. The maximum absolute atomic E-state index is 10.8. The summed E-state index contributed by atoms with van der Waals surface area (Å²) in [5, 5.41) is 15.0. The molecule has 0 aliphatic carbocycles. The molecule has 0 aliphatic rings. The number of fused-ring (bicyclic) bond motifs is 1. The van der Waals surface area contributed by atoms with E-state index in [2.05, 4.69) is 10.1 Å². The number of hydrogen-bond donors (Lipinski definition) is 1. The molecule has 0 aliphatic heterocycles. The standard InChI is InChI=1S/C15H16N6O3/c1-19(2)9-24-12-7-20-14(15(16)17-8-18-20)13(12)10-3-5-11(6-4-10)21(22)23/h3-8H,9H2,1-2H3,(H2,16,17,18). The molecule has 0 saturated heterocycles. The zero-order chi connectivity index (χ0) is 17.3. The third-order valence-electron chi connectivity index (χ3n) is 3.41. The molecule has 24 heavy (non-hydrogen) atoms. The van der Waals surface area contributed by atoms with Gasteiger partial charge in [-0.15, -0.1) is 0 Å². The fourth-order valence-corrected chi connectivity index (χ4v) is 2.35. The highest BCUT2D eigenvalue weighted by atomic mass is 16.6. The largest absolute Gasteiger partial charge is 0.476 e. The number of rotatable bonds is 5. The summed E-state index contributed by atoms with van der Waals surface area (Å²) in [7, 11) is 3.77. The third-order valence-corrected chi connectivity index (χ3v) is 3.41. The first-order valence-electron chi connectivity index (χ1n) is 7.11. The lowest BCUT2D eigenvalue weighted by atomic mass is 10.1. The molecule has 9 heteroatoms. The topological polar surface area (TPSA) is 112 Å². The number of nitrogens with zero attached hydrogens (tertiary/aromatic N) is 5. The van der Waals surface area contributed by atoms with E-state index in [1.54, 1.807) is 22.8 Å². The smallest absolute Gasteiger partial charge is 0.269 e.